The lowest BCUT2D eigenvalue weighted by Gasteiger charge is -2.32. The number of nitrogens with zero attached hydrogens (tertiary/aromatic N) is 1. The van der Waals surface area contributed by atoms with Crippen LogP contribution in [0.3, 0.4) is 0 Å². The highest BCUT2D eigenvalue weighted by atomic mass is 35.5. The molecular weight excluding hydrogens is 251 g/mol. The fourth-order valence-electron chi connectivity index (χ4n) is 2.53. The van der Waals surface area contributed by atoms with Gasteiger partial charge in [-0.15, -0.1) is 0 Å². The number of rotatable bonds is 3. The second kappa shape index (κ2) is 6.00. The van der Waals surface area contributed by atoms with Crippen LogP contribution in [0.5, 0.6) is 0 Å². The molecule has 0 bridgehead atoms. The van der Waals surface area contributed by atoms with Gasteiger partial charge in [0.1, 0.15) is 5.82 Å². The summed E-state index contributed by atoms with van der Waals surface area (Å²) in [5.41, 5.74) is 0.949. The monoisotopic (exact) mass is 270 g/mol. The lowest BCUT2D eigenvalue weighted by atomic mass is 10.0. The molecule has 1 aliphatic heterocycles. The predicted molar refractivity (Wildman–Crippen MR) is 73.5 cm³/mol. The molecule has 0 amide bonds. The van der Waals surface area contributed by atoms with Crippen molar-refractivity contribution >= 4 is 11.6 Å². The lowest BCUT2D eigenvalue weighted by molar-refractivity contribution is 0.218. The third-order valence-electron chi connectivity index (χ3n) is 3.55. The molecule has 1 fully saturated rings. The first kappa shape index (κ1) is 13.8. The smallest absolute Gasteiger partial charge is 0.142 e. The highest BCUT2D eigenvalue weighted by Gasteiger charge is 2.19. The van der Waals surface area contributed by atoms with Gasteiger partial charge in [0.2, 0.25) is 0 Å². The van der Waals surface area contributed by atoms with Gasteiger partial charge in [-0.1, -0.05) is 17.7 Å². The Labute approximate surface area is 113 Å². The minimum absolute atomic E-state index is 0.147. The minimum atomic E-state index is -0.344. The zero-order chi connectivity index (χ0) is 13.1. The number of likely N-dealkylation sites (N-methyl/N-ethyl adjacent to an activating group) is 1. The molecule has 1 aliphatic rings. The summed E-state index contributed by atoms with van der Waals surface area (Å²) < 4.78 is 13.4. The van der Waals surface area contributed by atoms with Gasteiger partial charge in [0.05, 0.1) is 5.02 Å². The minimum Gasteiger partial charge on any atom is -0.306 e. The largest absolute Gasteiger partial charge is 0.306 e. The van der Waals surface area contributed by atoms with Gasteiger partial charge in [-0.2, -0.15) is 0 Å². The molecule has 1 heterocycles. The van der Waals surface area contributed by atoms with Crippen LogP contribution in [-0.4, -0.2) is 31.1 Å². The summed E-state index contributed by atoms with van der Waals surface area (Å²) in [5, 5.41) is 3.74. The molecule has 18 heavy (non-hydrogen) atoms. The lowest BCUT2D eigenvalue weighted by Crippen LogP contribution is -2.44. The Kier molecular flexibility index (Phi) is 4.60. The molecule has 0 spiro atoms. The van der Waals surface area contributed by atoms with Gasteiger partial charge >= 0.3 is 0 Å². The molecule has 1 aromatic carbocycles. The fourth-order valence-corrected chi connectivity index (χ4v) is 2.65. The maximum Gasteiger partial charge on any atom is 0.142 e. The zero-order valence-corrected chi connectivity index (χ0v) is 11.7. The summed E-state index contributed by atoms with van der Waals surface area (Å²) in [4.78, 5) is 2.33. The molecule has 0 radical (unpaired) electrons. The number of nitrogens with one attached hydrogen (secondary N) is 1. The zero-order valence-electron chi connectivity index (χ0n) is 10.9. The van der Waals surface area contributed by atoms with Gasteiger partial charge in [0.25, 0.3) is 0 Å². The maximum atomic E-state index is 13.4. The molecule has 0 saturated carbocycles. The molecule has 1 aromatic rings. The van der Waals surface area contributed by atoms with Crippen LogP contribution in [0, 0.1) is 5.82 Å². The summed E-state index contributed by atoms with van der Waals surface area (Å²) >= 11 is 5.69. The molecule has 4 heteroatoms. The number of benzene rings is 1. The molecule has 1 saturated heterocycles. The van der Waals surface area contributed by atoms with E-state index in [1.54, 1.807) is 6.07 Å². The van der Waals surface area contributed by atoms with Crippen molar-refractivity contribution in [3.63, 3.8) is 0 Å². The van der Waals surface area contributed by atoms with Crippen molar-refractivity contribution in [2.45, 2.75) is 31.8 Å². The van der Waals surface area contributed by atoms with Crippen molar-refractivity contribution in [3.05, 3.63) is 34.6 Å². The van der Waals surface area contributed by atoms with E-state index in [9.17, 15) is 4.39 Å². The Balaban J connectivity index is 1.98. The van der Waals surface area contributed by atoms with E-state index in [1.807, 2.05) is 6.07 Å². The normalized spacial score (nSPS) is 23.0. The average molecular weight is 271 g/mol. The van der Waals surface area contributed by atoms with Crippen LogP contribution in [-0.2, 0) is 0 Å². The van der Waals surface area contributed by atoms with Gasteiger partial charge in [0.15, 0.2) is 0 Å². The van der Waals surface area contributed by atoms with Crippen LogP contribution in [0.1, 0.15) is 31.4 Å². The molecule has 100 valence electrons. The van der Waals surface area contributed by atoms with Crippen LogP contribution in [0.4, 0.5) is 4.39 Å². The summed E-state index contributed by atoms with van der Waals surface area (Å²) in [6.45, 7) is 4.29. The predicted octanol–water partition coefficient (Wildman–Crippen LogP) is 3.22. The van der Waals surface area contributed by atoms with E-state index in [-0.39, 0.29) is 16.9 Å². The number of hydrogen-bond acceptors (Lipinski definition) is 2. The molecule has 2 rings (SSSR count). The number of halogens is 2. The van der Waals surface area contributed by atoms with Crippen LogP contribution >= 0.6 is 11.6 Å². The van der Waals surface area contributed by atoms with E-state index in [0.29, 0.717) is 6.04 Å². The van der Waals surface area contributed by atoms with Crippen LogP contribution in [0.2, 0.25) is 5.02 Å². The number of likely N-dealkylation sites (tertiary alicyclic amines) is 1. The summed E-state index contributed by atoms with van der Waals surface area (Å²) in [6, 6.07) is 5.66. The van der Waals surface area contributed by atoms with Crippen molar-refractivity contribution in [1.29, 1.82) is 0 Å². The Bertz CT molecular complexity index is 411. The van der Waals surface area contributed by atoms with Crippen molar-refractivity contribution < 1.29 is 4.39 Å². The van der Waals surface area contributed by atoms with Crippen molar-refractivity contribution in [3.8, 4) is 0 Å². The Morgan fingerprint density at radius 1 is 1.50 bits per heavy atom. The van der Waals surface area contributed by atoms with E-state index in [1.165, 1.54) is 25.5 Å². The Hall–Kier alpha value is -0.640. The molecule has 2 unspecified atom stereocenters. The Morgan fingerprint density at radius 3 is 2.94 bits per heavy atom. The van der Waals surface area contributed by atoms with Gasteiger partial charge < -0.3 is 10.2 Å². The third kappa shape index (κ3) is 3.44. The third-order valence-corrected chi connectivity index (χ3v) is 3.86. The van der Waals surface area contributed by atoms with E-state index in [0.717, 1.165) is 12.1 Å². The van der Waals surface area contributed by atoms with Crippen molar-refractivity contribution in [2.75, 3.05) is 20.1 Å². The molecule has 0 aliphatic carbocycles. The standard InChI is InChI=1S/C14H20ClFN2/c1-10(11-5-6-13(15)14(16)8-11)17-12-4-3-7-18(2)9-12/h5-6,8,10,12,17H,3-4,7,9H2,1-2H3. The number of piperidine rings is 1. The first-order chi connectivity index (χ1) is 8.56. The van der Waals surface area contributed by atoms with Crippen LogP contribution < -0.4 is 5.32 Å². The maximum absolute atomic E-state index is 13.4. The molecule has 1 N–H and O–H groups in total. The van der Waals surface area contributed by atoms with Gasteiger partial charge in [0, 0.05) is 18.6 Å². The molecular formula is C14H20ClFN2. The van der Waals surface area contributed by atoms with E-state index >= 15 is 0 Å². The molecule has 2 atom stereocenters. The van der Waals surface area contributed by atoms with Crippen molar-refractivity contribution in [1.82, 2.24) is 10.2 Å². The topological polar surface area (TPSA) is 15.3 Å². The SMILES string of the molecule is CC(NC1CCCN(C)C1)c1ccc(Cl)c(F)c1. The first-order valence-corrected chi connectivity index (χ1v) is 6.83. The summed E-state index contributed by atoms with van der Waals surface area (Å²) in [5.74, 6) is -0.344. The van der Waals surface area contributed by atoms with Gasteiger partial charge in [-0.3, -0.25) is 0 Å². The van der Waals surface area contributed by atoms with Crippen LogP contribution in [0.25, 0.3) is 0 Å². The molecule has 0 aromatic heterocycles. The average Bonchev–Trinajstić information content (AvgIpc) is 2.32. The second-order valence-corrected chi connectivity index (χ2v) is 5.57. The summed E-state index contributed by atoms with van der Waals surface area (Å²) in [7, 11) is 2.14. The van der Waals surface area contributed by atoms with E-state index in [2.05, 4.69) is 24.2 Å². The number of hydrogen-bond donors (Lipinski definition) is 1. The highest BCUT2D eigenvalue weighted by Crippen LogP contribution is 2.21. The fraction of sp³-hybridized carbons (Fsp3) is 0.571. The quantitative estimate of drug-likeness (QED) is 0.907. The molecule has 2 nitrogen and oxygen atoms in total. The van der Waals surface area contributed by atoms with Gasteiger partial charge in [-0.05, 0) is 51.1 Å². The van der Waals surface area contributed by atoms with E-state index < -0.39 is 0 Å². The Morgan fingerprint density at radius 2 is 2.28 bits per heavy atom. The summed E-state index contributed by atoms with van der Waals surface area (Å²) in [6.07, 6.45) is 2.40. The highest BCUT2D eigenvalue weighted by molar-refractivity contribution is 6.30. The van der Waals surface area contributed by atoms with E-state index in [4.69, 9.17) is 11.6 Å². The second-order valence-electron chi connectivity index (χ2n) is 5.16. The van der Waals surface area contributed by atoms with Crippen LogP contribution in [0.15, 0.2) is 18.2 Å². The van der Waals surface area contributed by atoms with Crippen molar-refractivity contribution in [2.24, 2.45) is 0 Å². The van der Waals surface area contributed by atoms with Gasteiger partial charge in [-0.25, -0.2) is 4.39 Å². The first-order valence-electron chi connectivity index (χ1n) is 6.46.